The highest BCUT2D eigenvalue weighted by atomic mass is 16.6. The van der Waals surface area contributed by atoms with Crippen molar-refractivity contribution in [3.05, 3.63) is 60.8 Å². The Bertz CT molecular complexity index is 1340. The van der Waals surface area contributed by atoms with Gasteiger partial charge in [0.25, 0.3) is 0 Å². The summed E-state index contributed by atoms with van der Waals surface area (Å²) in [4.78, 5) is 38.3. The van der Waals surface area contributed by atoms with Crippen molar-refractivity contribution in [2.45, 2.75) is 348 Å². The molecule has 0 aromatic heterocycles. The number of esters is 3. The number of hydrogen-bond donors (Lipinski definition) is 0. The fourth-order valence-corrected chi connectivity index (χ4v) is 9.65. The van der Waals surface area contributed by atoms with Gasteiger partial charge in [-0.15, -0.1) is 0 Å². The molecular formula is C69H124O6. The van der Waals surface area contributed by atoms with Crippen LogP contribution in [-0.4, -0.2) is 37.2 Å². The first-order valence-corrected chi connectivity index (χ1v) is 32.8. The van der Waals surface area contributed by atoms with Crippen molar-refractivity contribution in [2.75, 3.05) is 13.2 Å². The van der Waals surface area contributed by atoms with Gasteiger partial charge in [0.1, 0.15) is 13.2 Å². The maximum atomic E-state index is 12.9. The lowest BCUT2D eigenvalue weighted by atomic mass is 10.0. The Morgan fingerprint density at radius 1 is 0.280 bits per heavy atom. The number of allylic oxidation sites excluding steroid dienone is 10. The van der Waals surface area contributed by atoms with E-state index in [1.807, 2.05) is 0 Å². The molecule has 0 bridgehead atoms. The van der Waals surface area contributed by atoms with Gasteiger partial charge in [-0.2, -0.15) is 0 Å². The van der Waals surface area contributed by atoms with Gasteiger partial charge in [-0.3, -0.25) is 14.4 Å². The van der Waals surface area contributed by atoms with E-state index in [1.165, 1.54) is 205 Å². The Labute approximate surface area is 466 Å². The van der Waals surface area contributed by atoms with Crippen molar-refractivity contribution in [3.8, 4) is 0 Å². The molecule has 0 rings (SSSR count). The van der Waals surface area contributed by atoms with Crippen LogP contribution in [0.4, 0.5) is 0 Å². The molecule has 436 valence electrons. The van der Waals surface area contributed by atoms with E-state index in [9.17, 15) is 14.4 Å². The molecule has 0 aliphatic heterocycles. The van der Waals surface area contributed by atoms with E-state index in [0.717, 1.165) is 96.3 Å². The molecule has 0 fully saturated rings. The maximum Gasteiger partial charge on any atom is 0.306 e. The van der Waals surface area contributed by atoms with E-state index < -0.39 is 6.10 Å². The minimum absolute atomic E-state index is 0.0729. The first-order valence-electron chi connectivity index (χ1n) is 32.8. The lowest BCUT2D eigenvalue weighted by Crippen LogP contribution is -2.30. The standard InChI is InChI=1S/C69H124O6/c1-4-7-10-13-16-19-22-25-27-29-31-33-35-37-38-40-42-44-47-50-53-56-59-62-68(71)74-65-66(64-73-67(70)61-58-55-52-49-46-24-21-18-15-12-9-6-3)75-69(72)63-60-57-54-51-48-45-43-41-39-36-34-32-30-28-26-23-20-17-14-11-8-5-2/h7,10,16,19,25,27,31,33,37-38,66H,4-6,8-9,11-15,17-18,20-24,26,28-30,32,34-36,39-65H2,1-3H3/b10-7-,19-16-,27-25-,33-31-,38-37-. The van der Waals surface area contributed by atoms with Gasteiger partial charge in [0.15, 0.2) is 6.10 Å². The van der Waals surface area contributed by atoms with E-state index >= 15 is 0 Å². The fourth-order valence-electron chi connectivity index (χ4n) is 9.65. The highest BCUT2D eigenvalue weighted by molar-refractivity contribution is 5.71. The molecule has 0 aliphatic carbocycles. The van der Waals surface area contributed by atoms with Crippen LogP contribution in [0.25, 0.3) is 0 Å². The van der Waals surface area contributed by atoms with Crippen molar-refractivity contribution in [1.29, 1.82) is 0 Å². The molecule has 75 heavy (non-hydrogen) atoms. The fraction of sp³-hybridized carbons (Fsp3) is 0.812. The third-order valence-electron chi connectivity index (χ3n) is 14.5. The minimum atomic E-state index is -0.776. The molecule has 1 unspecified atom stereocenters. The number of carbonyl (C=O) groups is 3. The van der Waals surface area contributed by atoms with Gasteiger partial charge in [-0.1, -0.05) is 319 Å². The normalized spacial score (nSPS) is 12.4. The van der Waals surface area contributed by atoms with Crippen LogP contribution in [0.15, 0.2) is 60.8 Å². The largest absolute Gasteiger partial charge is 0.462 e. The van der Waals surface area contributed by atoms with Crippen LogP contribution in [0.3, 0.4) is 0 Å². The summed E-state index contributed by atoms with van der Waals surface area (Å²) in [6.45, 7) is 6.57. The molecule has 0 saturated carbocycles. The molecule has 0 heterocycles. The quantitative estimate of drug-likeness (QED) is 0.0261. The zero-order valence-electron chi connectivity index (χ0n) is 50.1. The number of rotatable bonds is 60. The summed E-state index contributed by atoms with van der Waals surface area (Å²) in [7, 11) is 0. The van der Waals surface area contributed by atoms with E-state index in [4.69, 9.17) is 14.2 Å². The summed E-state index contributed by atoms with van der Waals surface area (Å²) in [6.07, 6.45) is 80.9. The van der Waals surface area contributed by atoms with E-state index in [2.05, 4.69) is 81.5 Å². The second-order valence-corrected chi connectivity index (χ2v) is 22.0. The van der Waals surface area contributed by atoms with Crippen molar-refractivity contribution in [1.82, 2.24) is 0 Å². The summed E-state index contributed by atoms with van der Waals surface area (Å²) in [6, 6.07) is 0. The molecule has 0 amide bonds. The number of hydrogen-bond acceptors (Lipinski definition) is 6. The zero-order chi connectivity index (χ0) is 54.3. The van der Waals surface area contributed by atoms with Crippen molar-refractivity contribution in [3.63, 3.8) is 0 Å². The predicted octanol–water partition coefficient (Wildman–Crippen LogP) is 22.3. The summed E-state index contributed by atoms with van der Waals surface area (Å²) >= 11 is 0. The number of ether oxygens (including phenoxy) is 3. The SMILES string of the molecule is CC/C=C\C/C=C\C/C=C\C/C=C\C/C=C\CCCCCCCCCC(=O)OCC(COC(=O)CCCCCCCCCCCCCC)OC(=O)CCCCCCCCCCCCCCCCCCCCCCCC. The van der Waals surface area contributed by atoms with Crippen molar-refractivity contribution >= 4 is 17.9 Å². The molecule has 0 aromatic rings. The zero-order valence-corrected chi connectivity index (χ0v) is 50.1. The van der Waals surface area contributed by atoms with E-state index in [1.54, 1.807) is 0 Å². The maximum absolute atomic E-state index is 12.9. The molecule has 0 aliphatic rings. The average molecular weight is 1050 g/mol. The van der Waals surface area contributed by atoms with Gasteiger partial charge in [-0.05, 0) is 64.2 Å². The van der Waals surface area contributed by atoms with Gasteiger partial charge in [-0.25, -0.2) is 0 Å². The van der Waals surface area contributed by atoms with E-state index in [-0.39, 0.29) is 31.1 Å². The Kier molecular flexibility index (Phi) is 61.2. The topological polar surface area (TPSA) is 78.9 Å². The van der Waals surface area contributed by atoms with Crippen LogP contribution in [0.1, 0.15) is 342 Å². The molecule has 0 spiro atoms. The average Bonchev–Trinajstić information content (AvgIpc) is 3.41. The summed E-state index contributed by atoms with van der Waals surface area (Å²) in [5, 5.41) is 0. The highest BCUT2D eigenvalue weighted by Crippen LogP contribution is 2.18. The molecular weight excluding hydrogens is 925 g/mol. The summed E-state index contributed by atoms with van der Waals surface area (Å²) in [5.74, 6) is -0.863. The second kappa shape index (κ2) is 63.6. The predicted molar refractivity (Wildman–Crippen MR) is 325 cm³/mol. The molecule has 6 heteroatoms. The summed E-state index contributed by atoms with van der Waals surface area (Å²) < 4.78 is 16.9. The molecule has 1 atom stereocenters. The molecule has 0 radical (unpaired) electrons. The molecule has 0 aromatic carbocycles. The van der Waals surface area contributed by atoms with Crippen molar-refractivity contribution in [2.24, 2.45) is 0 Å². The first-order chi connectivity index (χ1) is 37.0. The van der Waals surface area contributed by atoms with Gasteiger partial charge in [0.05, 0.1) is 0 Å². The highest BCUT2D eigenvalue weighted by Gasteiger charge is 2.19. The Morgan fingerprint density at radius 2 is 0.520 bits per heavy atom. The van der Waals surface area contributed by atoms with Crippen LogP contribution >= 0.6 is 0 Å². The lowest BCUT2D eigenvalue weighted by Gasteiger charge is -2.18. The van der Waals surface area contributed by atoms with Crippen LogP contribution < -0.4 is 0 Å². The van der Waals surface area contributed by atoms with Gasteiger partial charge in [0.2, 0.25) is 0 Å². The van der Waals surface area contributed by atoms with Gasteiger partial charge >= 0.3 is 17.9 Å². The van der Waals surface area contributed by atoms with Crippen LogP contribution in [0.2, 0.25) is 0 Å². The Morgan fingerprint density at radius 3 is 0.813 bits per heavy atom. The number of carbonyl (C=O) groups excluding carboxylic acids is 3. The summed E-state index contributed by atoms with van der Waals surface area (Å²) in [5.41, 5.74) is 0. The monoisotopic (exact) mass is 1050 g/mol. The number of unbranched alkanes of at least 4 members (excludes halogenated alkanes) is 39. The van der Waals surface area contributed by atoms with Gasteiger partial charge < -0.3 is 14.2 Å². The third kappa shape index (κ3) is 61.8. The molecule has 6 nitrogen and oxygen atoms in total. The van der Waals surface area contributed by atoms with Gasteiger partial charge in [0, 0.05) is 19.3 Å². The van der Waals surface area contributed by atoms with Crippen LogP contribution in [-0.2, 0) is 28.6 Å². The third-order valence-corrected chi connectivity index (χ3v) is 14.5. The van der Waals surface area contributed by atoms with Crippen molar-refractivity contribution < 1.29 is 28.6 Å². The Hall–Kier alpha value is -2.89. The first kappa shape index (κ1) is 72.1. The lowest BCUT2D eigenvalue weighted by molar-refractivity contribution is -0.167. The minimum Gasteiger partial charge on any atom is -0.462 e. The second-order valence-electron chi connectivity index (χ2n) is 22.0. The smallest absolute Gasteiger partial charge is 0.306 e. The Balaban J connectivity index is 4.29. The van der Waals surface area contributed by atoms with Crippen LogP contribution in [0, 0.1) is 0 Å². The molecule has 0 saturated heterocycles. The van der Waals surface area contributed by atoms with Crippen LogP contribution in [0.5, 0.6) is 0 Å². The van der Waals surface area contributed by atoms with E-state index in [0.29, 0.717) is 19.3 Å². The molecule has 0 N–H and O–H groups in total.